The Morgan fingerprint density at radius 3 is 2.67 bits per heavy atom. The molecule has 0 amide bonds. The summed E-state index contributed by atoms with van der Waals surface area (Å²) in [5.41, 5.74) is 3.26. The Morgan fingerprint density at radius 1 is 1.47 bits per heavy atom. The van der Waals surface area contributed by atoms with Crippen molar-refractivity contribution >= 4 is 5.78 Å². The second-order valence-corrected chi connectivity index (χ2v) is 3.88. The van der Waals surface area contributed by atoms with Crippen LogP contribution in [0, 0.1) is 25.2 Å². The van der Waals surface area contributed by atoms with Crippen LogP contribution in [0.4, 0.5) is 0 Å². The Bertz CT molecular complexity index is 415. The minimum absolute atomic E-state index is 0.0578. The highest BCUT2D eigenvalue weighted by atomic mass is 16.1. The molecule has 78 valence electrons. The van der Waals surface area contributed by atoms with Crippen LogP contribution in [0.15, 0.2) is 18.2 Å². The molecule has 0 saturated carbocycles. The lowest BCUT2D eigenvalue weighted by Gasteiger charge is -2.12. The van der Waals surface area contributed by atoms with Crippen LogP contribution in [0.25, 0.3) is 0 Å². The van der Waals surface area contributed by atoms with Crippen LogP contribution in [0.3, 0.4) is 0 Å². The number of carbonyl (C=O) groups is 1. The molecule has 0 aliphatic carbocycles. The molecule has 0 spiro atoms. The van der Waals surface area contributed by atoms with Gasteiger partial charge in [0.05, 0.1) is 12.0 Å². The summed E-state index contributed by atoms with van der Waals surface area (Å²) in [6.07, 6.45) is 0.306. The SMILES string of the molecule is CC(=O)CC(C#N)c1cccc(C)c1C. The fourth-order valence-corrected chi connectivity index (χ4v) is 1.66. The summed E-state index contributed by atoms with van der Waals surface area (Å²) in [7, 11) is 0. The molecular weight excluding hydrogens is 186 g/mol. The van der Waals surface area contributed by atoms with Crippen LogP contribution in [0.2, 0.25) is 0 Å². The van der Waals surface area contributed by atoms with Crippen molar-refractivity contribution in [1.82, 2.24) is 0 Å². The van der Waals surface area contributed by atoms with Crippen molar-refractivity contribution in [3.8, 4) is 6.07 Å². The number of hydrogen-bond donors (Lipinski definition) is 0. The van der Waals surface area contributed by atoms with Gasteiger partial charge in [-0.25, -0.2) is 0 Å². The number of nitriles is 1. The van der Waals surface area contributed by atoms with Gasteiger partial charge in [0.1, 0.15) is 5.78 Å². The highest BCUT2D eigenvalue weighted by Gasteiger charge is 2.15. The number of rotatable bonds is 3. The average Bonchev–Trinajstić information content (AvgIpc) is 2.19. The third-order valence-corrected chi connectivity index (χ3v) is 2.67. The summed E-state index contributed by atoms with van der Waals surface area (Å²) in [5.74, 6) is -0.246. The number of nitrogens with zero attached hydrogens (tertiary/aromatic N) is 1. The monoisotopic (exact) mass is 201 g/mol. The molecule has 1 aromatic rings. The zero-order chi connectivity index (χ0) is 11.4. The first-order valence-corrected chi connectivity index (χ1v) is 5.01. The molecule has 0 N–H and O–H groups in total. The summed E-state index contributed by atoms with van der Waals surface area (Å²) >= 11 is 0. The zero-order valence-corrected chi connectivity index (χ0v) is 9.37. The molecule has 15 heavy (non-hydrogen) atoms. The molecule has 0 heterocycles. The Morgan fingerprint density at radius 2 is 2.13 bits per heavy atom. The number of hydrogen-bond acceptors (Lipinski definition) is 2. The van der Waals surface area contributed by atoms with E-state index in [0.29, 0.717) is 6.42 Å². The number of ketones is 1. The van der Waals surface area contributed by atoms with E-state index < -0.39 is 0 Å². The van der Waals surface area contributed by atoms with E-state index in [1.165, 1.54) is 6.92 Å². The largest absolute Gasteiger partial charge is 0.300 e. The van der Waals surface area contributed by atoms with Gasteiger partial charge in [-0.3, -0.25) is 4.79 Å². The topological polar surface area (TPSA) is 40.9 Å². The molecule has 1 unspecified atom stereocenters. The maximum absolute atomic E-state index is 11.0. The number of aryl methyl sites for hydroxylation is 1. The molecule has 0 fully saturated rings. The van der Waals surface area contributed by atoms with Gasteiger partial charge >= 0.3 is 0 Å². The lowest BCUT2D eigenvalue weighted by Crippen LogP contribution is -2.04. The quantitative estimate of drug-likeness (QED) is 0.754. The lowest BCUT2D eigenvalue weighted by atomic mass is 9.90. The molecule has 2 nitrogen and oxygen atoms in total. The maximum atomic E-state index is 11.0. The molecule has 1 atom stereocenters. The van der Waals surface area contributed by atoms with Crippen molar-refractivity contribution < 1.29 is 4.79 Å². The van der Waals surface area contributed by atoms with Crippen LogP contribution in [-0.2, 0) is 4.79 Å². The first kappa shape index (κ1) is 11.5. The Labute approximate surface area is 90.5 Å². The molecule has 1 aromatic carbocycles. The average molecular weight is 201 g/mol. The molecule has 0 aliphatic rings. The van der Waals surface area contributed by atoms with Crippen LogP contribution in [0.5, 0.6) is 0 Å². The highest BCUT2D eigenvalue weighted by molar-refractivity contribution is 5.77. The van der Waals surface area contributed by atoms with Gasteiger partial charge in [-0.15, -0.1) is 0 Å². The van der Waals surface area contributed by atoms with Crippen molar-refractivity contribution in [3.05, 3.63) is 34.9 Å². The first-order chi connectivity index (χ1) is 7.06. The molecular formula is C13H15NO. The van der Waals surface area contributed by atoms with Gasteiger partial charge in [-0.1, -0.05) is 18.2 Å². The fraction of sp³-hybridized carbons (Fsp3) is 0.385. The van der Waals surface area contributed by atoms with Gasteiger partial charge in [0.2, 0.25) is 0 Å². The molecule has 1 rings (SSSR count). The number of benzene rings is 1. The normalized spacial score (nSPS) is 11.9. The van der Waals surface area contributed by atoms with E-state index in [1.807, 2.05) is 32.0 Å². The molecule has 0 aliphatic heterocycles. The smallest absolute Gasteiger partial charge is 0.131 e. The van der Waals surface area contributed by atoms with E-state index in [-0.39, 0.29) is 11.7 Å². The number of Topliss-reactive ketones (excluding diaryl/α,β-unsaturated/α-hetero) is 1. The Kier molecular flexibility index (Phi) is 3.62. The van der Waals surface area contributed by atoms with Gasteiger partial charge in [-0.2, -0.15) is 5.26 Å². The predicted molar refractivity (Wildman–Crippen MR) is 59.6 cm³/mol. The fourth-order valence-electron chi connectivity index (χ4n) is 1.66. The van der Waals surface area contributed by atoms with E-state index >= 15 is 0 Å². The summed E-state index contributed by atoms with van der Waals surface area (Å²) in [5, 5.41) is 9.04. The van der Waals surface area contributed by atoms with Gasteiger partial charge in [0.15, 0.2) is 0 Å². The summed E-state index contributed by atoms with van der Waals surface area (Å²) in [4.78, 5) is 11.0. The Balaban J connectivity index is 3.08. The van der Waals surface area contributed by atoms with E-state index in [9.17, 15) is 4.79 Å². The zero-order valence-electron chi connectivity index (χ0n) is 9.37. The first-order valence-electron chi connectivity index (χ1n) is 5.01. The van der Waals surface area contributed by atoms with Crippen molar-refractivity contribution in [2.45, 2.75) is 33.1 Å². The van der Waals surface area contributed by atoms with Gasteiger partial charge in [0, 0.05) is 6.42 Å². The van der Waals surface area contributed by atoms with Crippen molar-refractivity contribution in [2.24, 2.45) is 0 Å². The molecule has 0 aromatic heterocycles. The predicted octanol–water partition coefficient (Wildman–Crippen LogP) is 2.89. The number of carbonyl (C=O) groups excluding carboxylic acids is 1. The second-order valence-electron chi connectivity index (χ2n) is 3.88. The maximum Gasteiger partial charge on any atom is 0.131 e. The van der Waals surface area contributed by atoms with E-state index in [4.69, 9.17) is 5.26 Å². The highest BCUT2D eigenvalue weighted by Crippen LogP contribution is 2.24. The van der Waals surface area contributed by atoms with Crippen LogP contribution in [-0.4, -0.2) is 5.78 Å². The van der Waals surface area contributed by atoms with Gasteiger partial charge < -0.3 is 0 Å². The van der Waals surface area contributed by atoms with Gasteiger partial charge in [0.25, 0.3) is 0 Å². The standard InChI is InChI=1S/C13H15NO/c1-9-5-4-6-13(11(9)3)12(8-14)7-10(2)15/h4-6,12H,7H2,1-3H3. The minimum atomic E-state index is -0.303. The van der Waals surface area contributed by atoms with Crippen LogP contribution >= 0.6 is 0 Å². The van der Waals surface area contributed by atoms with E-state index in [1.54, 1.807) is 0 Å². The lowest BCUT2D eigenvalue weighted by molar-refractivity contribution is -0.117. The second kappa shape index (κ2) is 4.75. The summed E-state index contributed by atoms with van der Waals surface area (Å²) in [6, 6.07) is 8.07. The summed E-state index contributed by atoms with van der Waals surface area (Å²) in [6.45, 7) is 5.53. The van der Waals surface area contributed by atoms with Crippen molar-refractivity contribution in [1.29, 1.82) is 5.26 Å². The van der Waals surface area contributed by atoms with Crippen molar-refractivity contribution in [3.63, 3.8) is 0 Å². The van der Waals surface area contributed by atoms with Crippen LogP contribution < -0.4 is 0 Å². The molecule has 0 saturated heterocycles. The Hall–Kier alpha value is -1.62. The van der Waals surface area contributed by atoms with Crippen LogP contribution in [0.1, 0.15) is 36.0 Å². The third-order valence-electron chi connectivity index (χ3n) is 2.67. The minimum Gasteiger partial charge on any atom is -0.300 e. The molecule has 2 heteroatoms. The van der Waals surface area contributed by atoms with E-state index in [0.717, 1.165) is 16.7 Å². The molecule has 0 bridgehead atoms. The van der Waals surface area contributed by atoms with Crippen molar-refractivity contribution in [2.75, 3.05) is 0 Å². The third kappa shape index (κ3) is 2.66. The summed E-state index contributed by atoms with van der Waals surface area (Å²) < 4.78 is 0. The van der Waals surface area contributed by atoms with Gasteiger partial charge in [-0.05, 0) is 37.5 Å². The van der Waals surface area contributed by atoms with E-state index in [2.05, 4.69) is 6.07 Å². The molecule has 0 radical (unpaired) electrons.